The van der Waals surface area contributed by atoms with Crippen LogP contribution in [-0.2, 0) is 22.7 Å². The Morgan fingerprint density at radius 2 is 2.12 bits per heavy atom. The number of amides is 3. The average molecular weight is 477 g/mol. The molecule has 0 unspecified atom stereocenters. The third-order valence-corrected chi connectivity index (χ3v) is 5.94. The van der Waals surface area contributed by atoms with E-state index >= 15 is 0 Å². The summed E-state index contributed by atoms with van der Waals surface area (Å²) >= 11 is 0. The van der Waals surface area contributed by atoms with Crippen molar-refractivity contribution in [2.24, 2.45) is 5.92 Å². The largest absolute Gasteiger partial charge is 0.394 e. The molecular formula is C23H33FN6O4. The molecule has 3 rings (SSSR count). The molecular weight excluding hydrogens is 443 g/mol. The number of benzene rings is 1. The van der Waals surface area contributed by atoms with Crippen LogP contribution in [0.1, 0.15) is 32.4 Å². The SMILES string of the molecule is C[C@@H]1CN([C@@H](C)CO)C(=O)CCCn2cc(nn2)CO[C@H]1CN(C)C(=O)Nc1ccc(F)cc1. The molecule has 0 saturated heterocycles. The van der Waals surface area contributed by atoms with Gasteiger partial charge in [-0.15, -0.1) is 5.10 Å². The van der Waals surface area contributed by atoms with Gasteiger partial charge in [0.25, 0.3) is 0 Å². The van der Waals surface area contributed by atoms with Gasteiger partial charge >= 0.3 is 6.03 Å². The number of carbonyl (C=O) groups is 2. The van der Waals surface area contributed by atoms with Crippen molar-refractivity contribution < 1.29 is 23.8 Å². The van der Waals surface area contributed by atoms with Gasteiger partial charge in [0.1, 0.15) is 11.5 Å². The van der Waals surface area contributed by atoms with Crippen LogP contribution in [0, 0.1) is 11.7 Å². The summed E-state index contributed by atoms with van der Waals surface area (Å²) in [6, 6.07) is 4.82. The number of halogens is 1. The third-order valence-electron chi connectivity index (χ3n) is 5.94. The molecule has 0 saturated carbocycles. The fraction of sp³-hybridized carbons (Fsp3) is 0.565. The van der Waals surface area contributed by atoms with Gasteiger partial charge in [-0.1, -0.05) is 12.1 Å². The Bertz CT molecular complexity index is 953. The van der Waals surface area contributed by atoms with E-state index in [4.69, 9.17) is 4.74 Å². The average Bonchev–Trinajstić information content (AvgIpc) is 3.27. The van der Waals surface area contributed by atoms with Crippen LogP contribution in [-0.4, -0.2) is 80.7 Å². The van der Waals surface area contributed by atoms with Crippen molar-refractivity contribution in [3.63, 3.8) is 0 Å². The number of urea groups is 1. The normalized spacial score (nSPS) is 20.6. The van der Waals surface area contributed by atoms with Crippen LogP contribution in [0.4, 0.5) is 14.9 Å². The number of hydrogen-bond donors (Lipinski definition) is 2. The zero-order chi connectivity index (χ0) is 24.7. The Hall–Kier alpha value is -3.05. The van der Waals surface area contributed by atoms with E-state index < -0.39 is 6.10 Å². The number of fused-ring (bicyclic) bond motifs is 2. The van der Waals surface area contributed by atoms with E-state index in [2.05, 4.69) is 15.6 Å². The first-order valence-corrected chi connectivity index (χ1v) is 11.5. The lowest BCUT2D eigenvalue weighted by molar-refractivity contribution is -0.136. The van der Waals surface area contributed by atoms with E-state index in [1.807, 2.05) is 13.8 Å². The van der Waals surface area contributed by atoms with Gasteiger partial charge in [0.2, 0.25) is 5.91 Å². The molecule has 0 fully saturated rings. The summed E-state index contributed by atoms with van der Waals surface area (Å²) in [5, 5.41) is 20.7. The van der Waals surface area contributed by atoms with E-state index in [0.29, 0.717) is 37.3 Å². The molecule has 0 radical (unpaired) electrons. The second-order valence-electron chi connectivity index (χ2n) is 8.80. The Kier molecular flexibility index (Phi) is 8.94. The van der Waals surface area contributed by atoms with E-state index in [1.54, 1.807) is 22.8 Å². The highest BCUT2D eigenvalue weighted by Crippen LogP contribution is 2.18. The summed E-state index contributed by atoms with van der Waals surface area (Å²) in [7, 11) is 1.64. The van der Waals surface area contributed by atoms with E-state index in [0.717, 1.165) is 0 Å². The van der Waals surface area contributed by atoms with Gasteiger partial charge < -0.3 is 25.0 Å². The number of aliphatic hydroxyl groups is 1. The molecule has 0 aliphatic carbocycles. The van der Waals surface area contributed by atoms with Gasteiger partial charge in [0.05, 0.1) is 31.6 Å². The molecule has 0 spiro atoms. The Labute approximate surface area is 198 Å². The number of likely N-dealkylation sites (N-methyl/N-ethyl adjacent to an activating group) is 1. The lowest BCUT2D eigenvalue weighted by Gasteiger charge is -2.35. The van der Waals surface area contributed by atoms with Crippen molar-refractivity contribution >= 4 is 17.6 Å². The van der Waals surface area contributed by atoms with E-state index in [1.165, 1.54) is 29.2 Å². The van der Waals surface area contributed by atoms with Gasteiger partial charge in [-0.2, -0.15) is 0 Å². The molecule has 3 atom stereocenters. The van der Waals surface area contributed by atoms with Crippen molar-refractivity contribution in [1.29, 1.82) is 0 Å². The number of nitrogens with zero attached hydrogens (tertiary/aromatic N) is 5. The monoisotopic (exact) mass is 476 g/mol. The van der Waals surface area contributed by atoms with Crippen LogP contribution >= 0.6 is 0 Å². The predicted octanol–water partition coefficient (Wildman–Crippen LogP) is 2.11. The molecule has 1 aromatic carbocycles. The summed E-state index contributed by atoms with van der Waals surface area (Å²) in [6.07, 6.45) is 2.32. The van der Waals surface area contributed by atoms with Crippen molar-refractivity contribution in [2.75, 3.05) is 32.1 Å². The predicted molar refractivity (Wildman–Crippen MR) is 123 cm³/mol. The standard InChI is InChI=1S/C23H33FN6O4/c1-16-11-30(17(2)14-31)22(32)5-4-10-29-12-20(26-27-29)15-34-21(16)13-28(3)23(33)25-19-8-6-18(24)7-9-19/h6-9,12,16-17,21,31H,4-5,10-11,13-15H2,1-3H3,(H,25,33)/t16-,17+,21+/m1/s1. The summed E-state index contributed by atoms with van der Waals surface area (Å²) in [5.74, 6) is -0.574. The van der Waals surface area contributed by atoms with Crippen LogP contribution in [0.15, 0.2) is 30.5 Å². The van der Waals surface area contributed by atoms with E-state index in [-0.39, 0.29) is 49.5 Å². The number of aromatic nitrogens is 3. The molecule has 11 heteroatoms. The first-order valence-electron chi connectivity index (χ1n) is 11.5. The first kappa shape index (κ1) is 25.6. The van der Waals surface area contributed by atoms with E-state index in [9.17, 15) is 19.1 Å². The molecule has 34 heavy (non-hydrogen) atoms. The molecule has 2 N–H and O–H groups in total. The number of nitrogens with one attached hydrogen (secondary N) is 1. The zero-order valence-corrected chi connectivity index (χ0v) is 19.9. The van der Waals surface area contributed by atoms with Crippen LogP contribution in [0.2, 0.25) is 0 Å². The third kappa shape index (κ3) is 6.97. The van der Waals surface area contributed by atoms with Gasteiger partial charge in [0, 0.05) is 44.7 Å². The smallest absolute Gasteiger partial charge is 0.321 e. The number of anilines is 1. The minimum absolute atomic E-state index is 0.0471. The molecule has 10 nitrogen and oxygen atoms in total. The Balaban J connectivity index is 1.75. The van der Waals surface area contributed by atoms with Crippen LogP contribution in [0.5, 0.6) is 0 Å². The molecule has 1 aliphatic heterocycles. The molecule has 2 bridgehead atoms. The topological polar surface area (TPSA) is 113 Å². The number of hydrogen-bond acceptors (Lipinski definition) is 6. The second kappa shape index (κ2) is 11.9. The van der Waals surface area contributed by atoms with Crippen molar-refractivity contribution in [1.82, 2.24) is 24.8 Å². The van der Waals surface area contributed by atoms with Crippen LogP contribution < -0.4 is 5.32 Å². The molecule has 1 aromatic heterocycles. The first-order chi connectivity index (χ1) is 16.3. The van der Waals surface area contributed by atoms with Gasteiger partial charge in [-0.3, -0.25) is 9.48 Å². The summed E-state index contributed by atoms with van der Waals surface area (Å²) < 4.78 is 21.0. The molecule has 3 amide bonds. The van der Waals surface area contributed by atoms with Crippen molar-refractivity contribution in [3.05, 3.63) is 42.0 Å². The second-order valence-corrected chi connectivity index (χ2v) is 8.80. The molecule has 1 aliphatic rings. The quantitative estimate of drug-likeness (QED) is 0.684. The van der Waals surface area contributed by atoms with Crippen molar-refractivity contribution in [2.45, 2.75) is 52.0 Å². The van der Waals surface area contributed by atoms with Crippen LogP contribution in [0.3, 0.4) is 0 Å². The lowest BCUT2D eigenvalue weighted by atomic mass is 10.0. The number of aliphatic hydroxyl groups excluding tert-OH is 1. The Morgan fingerprint density at radius 3 is 2.82 bits per heavy atom. The fourth-order valence-electron chi connectivity index (χ4n) is 3.80. The molecule has 2 heterocycles. The minimum atomic E-state index is -0.420. The summed E-state index contributed by atoms with van der Waals surface area (Å²) in [4.78, 5) is 28.8. The minimum Gasteiger partial charge on any atom is -0.394 e. The Morgan fingerprint density at radius 1 is 1.38 bits per heavy atom. The van der Waals surface area contributed by atoms with Gasteiger partial charge in [-0.05, 0) is 37.6 Å². The van der Waals surface area contributed by atoms with Gasteiger partial charge in [0.15, 0.2) is 0 Å². The number of carbonyl (C=O) groups excluding carboxylic acids is 2. The number of ether oxygens (including phenoxy) is 1. The van der Waals surface area contributed by atoms with Gasteiger partial charge in [-0.25, -0.2) is 9.18 Å². The highest BCUT2D eigenvalue weighted by atomic mass is 19.1. The molecule has 186 valence electrons. The zero-order valence-electron chi connectivity index (χ0n) is 19.9. The number of aryl methyl sites for hydroxylation is 1. The summed E-state index contributed by atoms with van der Waals surface area (Å²) in [5.41, 5.74) is 1.15. The van der Waals surface area contributed by atoms with Crippen molar-refractivity contribution in [3.8, 4) is 0 Å². The highest BCUT2D eigenvalue weighted by molar-refractivity contribution is 5.89. The lowest BCUT2D eigenvalue weighted by Crippen LogP contribution is -2.48. The fourth-order valence-corrected chi connectivity index (χ4v) is 3.80. The maximum absolute atomic E-state index is 13.1. The summed E-state index contributed by atoms with van der Waals surface area (Å²) in [6.45, 7) is 5.02. The maximum Gasteiger partial charge on any atom is 0.321 e. The van der Waals surface area contributed by atoms with Crippen LogP contribution in [0.25, 0.3) is 0 Å². The highest BCUT2D eigenvalue weighted by Gasteiger charge is 2.28. The molecule has 2 aromatic rings. The number of rotatable bonds is 5. The maximum atomic E-state index is 13.1.